The Balaban J connectivity index is 1.70. The maximum absolute atomic E-state index is 13.1. The highest BCUT2D eigenvalue weighted by molar-refractivity contribution is 7.91. The molecule has 2 heterocycles. The average Bonchev–Trinajstić information content (AvgIpc) is 3.28. The smallest absolute Gasteiger partial charge is 0.348 e. The lowest BCUT2D eigenvalue weighted by Gasteiger charge is -2.13. The molecule has 4 rings (SSSR count). The second kappa shape index (κ2) is 8.00. The maximum atomic E-state index is 13.1. The van der Waals surface area contributed by atoms with Gasteiger partial charge in [0.1, 0.15) is 27.9 Å². The molecule has 2 aromatic heterocycles. The predicted octanol–water partition coefficient (Wildman–Crippen LogP) is 3.73. The van der Waals surface area contributed by atoms with Crippen molar-refractivity contribution < 1.29 is 22.4 Å². The highest BCUT2D eigenvalue weighted by Crippen LogP contribution is 2.30. The molecule has 0 saturated carbocycles. The van der Waals surface area contributed by atoms with Crippen molar-refractivity contribution >= 4 is 27.0 Å². The lowest BCUT2D eigenvalue weighted by atomic mass is 10.1. The number of benzene rings is 2. The molecule has 0 spiro atoms. The van der Waals surface area contributed by atoms with Gasteiger partial charge in [0.2, 0.25) is 0 Å². The number of aliphatic imine (C=N–C) groups is 1. The van der Waals surface area contributed by atoms with Gasteiger partial charge in [-0.2, -0.15) is 0 Å². The zero-order valence-electron chi connectivity index (χ0n) is 15.6. The lowest BCUT2D eigenvalue weighted by Crippen LogP contribution is -2.17. The van der Waals surface area contributed by atoms with E-state index < -0.39 is 20.7 Å². The van der Waals surface area contributed by atoms with E-state index in [0.29, 0.717) is 5.39 Å². The van der Waals surface area contributed by atoms with Gasteiger partial charge in [0.25, 0.3) is 0 Å². The van der Waals surface area contributed by atoms with Crippen LogP contribution in [-0.2, 0) is 9.84 Å². The number of fused-ring (bicyclic) bond motifs is 1. The van der Waals surface area contributed by atoms with E-state index in [4.69, 9.17) is 8.83 Å². The zero-order chi connectivity index (χ0) is 21.1. The Hall–Kier alpha value is -3.65. The van der Waals surface area contributed by atoms with Crippen LogP contribution in [0.2, 0.25) is 0 Å². The second-order valence-electron chi connectivity index (χ2n) is 6.50. The van der Waals surface area contributed by atoms with E-state index in [1.54, 1.807) is 54.6 Å². The monoisotopic (exact) mass is 423 g/mol. The van der Waals surface area contributed by atoms with E-state index in [1.165, 1.54) is 18.4 Å². The molecule has 1 unspecified atom stereocenters. The summed E-state index contributed by atoms with van der Waals surface area (Å²) in [7, 11) is -3.80. The fraction of sp³-hybridized carbons (Fsp3) is 0.0909. The Kier molecular flexibility index (Phi) is 5.24. The number of furan rings is 1. The van der Waals surface area contributed by atoms with Gasteiger partial charge < -0.3 is 13.9 Å². The van der Waals surface area contributed by atoms with E-state index in [1.807, 2.05) is 0 Å². The molecule has 4 aromatic rings. The Morgan fingerprint density at radius 2 is 1.73 bits per heavy atom. The molecule has 0 saturated heterocycles. The first-order valence-corrected chi connectivity index (χ1v) is 10.6. The summed E-state index contributed by atoms with van der Waals surface area (Å²) in [5.74, 6) is -0.0446. The van der Waals surface area contributed by atoms with Crippen LogP contribution in [0.4, 0.5) is 0 Å². The quantitative estimate of drug-likeness (QED) is 0.374. The first kappa shape index (κ1) is 19.7. The third-order valence-corrected chi connectivity index (χ3v) is 6.68. The minimum absolute atomic E-state index is 0.134. The van der Waals surface area contributed by atoms with Gasteiger partial charge in [-0.15, -0.1) is 0 Å². The van der Waals surface area contributed by atoms with Crippen molar-refractivity contribution in [2.75, 3.05) is 6.54 Å². The fourth-order valence-electron chi connectivity index (χ4n) is 3.09. The molecule has 1 N–H and O–H groups in total. The summed E-state index contributed by atoms with van der Waals surface area (Å²) in [5, 5.41) is 9.69. The van der Waals surface area contributed by atoms with Crippen LogP contribution in [0.5, 0.6) is 5.75 Å². The largest absolute Gasteiger partial charge is 0.506 e. The zero-order valence-corrected chi connectivity index (χ0v) is 16.5. The number of aromatic hydroxyl groups is 1. The molecule has 7 nitrogen and oxygen atoms in total. The minimum Gasteiger partial charge on any atom is -0.506 e. The lowest BCUT2D eigenvalue weighted by molar-refractivity contribution is 0.466. The highest BCUT2D eigenvalue weighted by Gasteiger charge is 2.31. The molecule has 1 atom stereocenters. The van der Waals surface area contributed by atoms with Crippen LogP contribution in [0.3, 0.4) is 0 Å². The number of sulfone groups is 1. The van der Waals surface area contributed by atoms with E-state index in [2.05, 4.69) is 4.99 Å². The van der Waals surface area contributed by atoms with Crippen LogP contribution < -0.4 is 5.63 Å². The summed E-state index contributed by atoms with van der Waals surface area (Å²) >= 11 is 0. The SMILES string of the molecule is O=c1oc2ccccc2c(O)c1C=NCC(c1ccco1)S(=O)(=O)c1ccccc1. The average molecular weight is 423 g/mol. The first-order chi connectivity index (χ1) is 14.5. The number of hydrogen-bond donors (Lipinski definition) is 1. The normalized spacial score (nSPS) is 13.1. The van der Waals surface area contributed by atoms with Crippen molar-refractivity contribution in [3.05, 3.63) is 94.7 Å². The molecular weight excluding hydrogens is 406 g/mol. The van der Waals surface area contributed by atoms with Gasteiger partial charge in [0.15, 0.2) is 9.84 Å². The van der Waals surface area contributed by atoms with Crippen molar-refractivity contribution in [3.8, 4) is 5.75 Å². The summed E-state index contributed by atoms with van der Waals surface area (Å²) in [6.45, 7) is -0.212. The van der Waals surface area contributed by atoms with Crippen molar-refractivity contribution in [2.45, 2.75) is 10.1 Å². The molecule has 0 amide bonds. The molecule has 0 fully saturated rings. The summed E-state index contributed by atoms with van der Waals surface area (Å²) in [4.78, 5) is 16.5. The third kappa shape index (κ3) is 3.65. The molecule has 0 radical (unpaired) electrons. The summed E-state index contributed by atoms with van der Waals surface area (Å²) in [5.41, 5.74) is -0.670. The molecular formula is C22H17NO6S. The Labute approximate surface area is 171 Å². The molecule has 0 aliphatic rings. The highest BCUT2D eigenvalue weighted by atomic mass is 32.2. The summed E-state index contributed by atoms with van der Waals surface area (Å²) in [6, 6.07) is 17.7. The van der Waals surface area contributed by atoms with Gasteiger partial charge in [-0.1, -0.05) is 30.3 Å². The summed E-state index contributed by atoms with van der Waals surface area (Å²) < 4.78 is 36.8. The molecule has 30 heavy (non-hydrogen) atoms. The first-order valence-electron chi connectivity index (χ1n) is 9.05. The Morgan fingerprint density at radius 1 is 1.00 bits per heavy atom. The number of hydrogen-bond acceptors (Lipinski definition) is 7. The van der Waals surface area contributed by atoms with E-state index >= 15 is 0 Å². The second-order valence-corrected chi connectivity index (χ2v) is 8.63. The topological polar surface area (TPSA) is 110 Å². The van der Waals surface area contributed by atoms with E-state index in [-0.39, 0.29) is 34.1 Å². The molecule has 152 valence electrons. The molecule has 0 aliphatic carbocycles. The predicted molar refractivity (Wildman–Crippen MR) is 112 cm³/mol. The minimum atomic E-state index is -3.80. The van der Waals surface area contributed by atoms with Crippen molar-refractivity contribution in [1.29, 1.82) is 0 Å². The van der Waals surface area contributed by atoms with Crippen LogP contribution in [0.15, 0.2) is 96.5 Å². The van der Waals surface area contributed by atoms with Crippen molar-refractivity contribution in [3.63, 3.8) is 0 Å². The molecule has 8 heteroatoms. The van der Waals surface area contributed by atoms with Gasteiger partial charge in [0.05, 0.1) is 23.1 Å². The Bertz CT molecular complexity index is 1360. The van der Waals surface area contributed by atoms with Gasteiger partial charge in [-0.05, 0) is 36.4 Å². The standard InChI is InChI=1S/C22H17NO6S/c24-21-16-9-4-5-10-18(16)29-22(25)17(21)13-23-14-20(19-11-6-12-28-19)30(26,27)15-7-2-1-3-8-15/h1-13,20,24H,14H2. The van der Waals surface area contributed by atoms with Crippen LogP contribution in [0.25, 0.3) is 11.0 Å². The van der Waals surface area contributed by atoms with Crippen molar-refractivity contribution in [2.24, 2.45) is 4.99 Å². The Morgan fingerprint density at radius 3 is 2.47 bits per heavy atom. The van der Waals surface area contributed by atoms with Gasteiger partial charge in [-0.25, -0.2) is 13.2 Å². The number of nitrogens with zero attached hydrogens (tertiary/aromatic N) is 1. The van der Waals surface area contributed by atoms with E-state index in [0.717, 1.165) is 6.21 Å². The van der Waals surface area contributed by atoms with Crippen LogP contribution in [-0.4, -0.2) is 26.3 Å². The van der Waals surface area contributed by atoms with E-state index in [9.17, 15) is 18.3 Å². The number of rotatable bonds is 6. The number of para-hydroxylation sites is 1. The van der Waals surface area contributed by atoms with Gasteiger partial charge in [-0.3, -0.25) is 4.99 Å². The maximum Gasteiger partial charge on any atom is 0.348 e. The van der Waals surface area contributed by atoms with Gasteiger partial charge >= 0.3 is 5.63 Å². The van der Waals surface area contributed by atoms with Crippen LogP contribution in [0.1, 0.15) is 16.6 Å². The van der Waals surface area contributed by atoms with Crippen LogP contribution in [0, 0.1) is 0 Å². The molecule has 0 bridgehead atoms. The van der Waals surface area contributed by atoms with Crippen molar-refractivity contribution in [1.82, 2.24) is 0 Å². The van der Waals surface area contributed by atoms with Gasteiger partial charge in [0, 0.05) is 6.21 Å². The van der Waals surface area contributed by atoms with Crippen LogP contribution >= 0.6 is 0 Å². The molecule has 2 aromatic carbocycles. The third-order valence-electron chi connectivity index (χ3n) is 4.62. The summed E-state index contributed by atoms with van der Waals surface area (Å²) in [6.07, 6.45) is 2.51. The molecule has 0 aliphatic heterocycles. The fourth-order valence-corrected chi connectivity index (χ4v) is 4.68.